The summed E-state index contributed by atoms with van der Waals surface area (Å²) in [5, 5.41) is 9.73. The number of nitrogens with one attached hydrogen (secondary N) is 1. The van der Waals surface area contributed by atoms with E-state index in [9.17, 15) is 9.59 Å². The molecule has 7 nitrogen and oxygen atoms in total. The first-order valence-corrected chi connectivity index (χ1v) is 11.7. The van der Waals surface area contributed by atoms with Crippen molar-refractivity contribution in [2.75, 3.05) is 39.3 Å². The van der Waals surface area contributed by atoms with Gasteiger partial charge in [-0.2, -0.15) is 5.10 Å². The average Bonchev–Trinajstić information content (AvgIpc) is 3.24. The van der Waals surface area contributed by atoms with E-state index in [1.165, 1.54) is 61.2 Å². The number of nitrogens with zero attached hydrogens (tertiary/aromatic N) is 4. The lowest BCUT2D eigenvalue weighted by atomic mass is 9.94. The first-order chi connectivity index (χ1) is 14.2. The van der Waals surface area contributed by atoms with Crippen molar-refractivity contribution in [3.05, 3.63) is 28.0 Å². The number of hydrogen-bond donors (Lipinski definition) is 1. The number of piperazine rings is 1. The summed E-state index contributed by atoms with van der Waals surface area (Å²) < 4.78 is 1.90. The van der Waals surface area contributed by atoms with E-state index in [1.807, 2.05) is 11.4 Å². The van der Waals surface area contributed by atoms with Gasteiger partial charge in [-0.25, -0.2) is 4.68 Å². The Morgan fingerprint density at radius 1 is 1.17 bits per heavy atom. The molecule has 1 amide bonds. The largest absolute Gasteiger partial charge is 0.354 e. The van der Waals surface area contributed by atoms with Gasteiger partial charge in [0.05, 0.1) is 6.20 Å². The van der Waals surface area contributed by atoms with Crippen LogP contribution in [0.15, 0.2) is 22.4 Å². The van der Waals surface area contributed by atoms with Crippen LogP contribution in [0.3, 0.4) is 0 Å². The van der Waals surface area contributed by atoms with Crippen molar-refractivity contribution < 1.29 is 4.79 Å². The van der Waals surface area contributed by atoms with Crippen molar-refractivity contribution in [1.29, 1.82) is 0 Å². The van der Waals surface area contributed by atoms with Gasteiger partial charge in [-0.1, -0.05) is 19.3 Å². The van der Waals surface area contributed by atoms with E-state index in [0.717, 1.165) is 37.5 Å². The fourth-order valence-electron chi connectivity index (χ4n) is 4.53. The molecule has 0 radical (unpaired) electrons. The Morgan fingerprint density at radius 2 is 1.97 bits per heavy atom. The van der Waals surface area contributed by atoms with E-state index in [-0.39, 0.29) is 18.0 Å². The van der Waals surface area contributed by atoms with Crippen molar-refractivity contribution in [2.45, 2.75) is 51.1 Å². The number of fused-ring (bicyclic) bond motifs is 1. The van der Waals surface area contributed by atoms with E-state index in [2.05, 4.69) is 20.2 Å². The van der Waals surface area contributed by atoms with E-state index < -0.39 is 0 Å². The van der Waals surface area contributed by atoms with Crippen molar-refractivity contribution in [3.8, 4) is 0 Å². The van der Waals surface area contributed by atoms with Gasteiger partial charge in [0.2, 0.25) is 5.91 Å². The molecule has 0 aromatic carbocycles. The fourth-order valence-corrected chi connectivity index (χ4v) is 5.34. The quantitative estimate of drug-likeness (QED) is 0.697. The number of thiophene rings is 1. The number of amides is 1. The summed E-state index contributed by atoms with van der Waals surface area (Å²) >= 11 is 1.39. The van der Waals surface area contributed by atoms with Gasteiger partial charge >= 0.3 is 0 Å². The molecule has 8 heteroatoms. The second-order valence-corrected chi connectivity index (χ2v) is 9.10. The number of hydrogen-bond acceptors (Lipinski definition) is 6. The maximum atomic E-state index is 12.3. The molecule has 0 atom stereocenters. The third-order valence-electron chi connectivity index (χ3n) is 6.23. The van der Waals surface area contributed by atoms with Gasteiger partial charge < -0.3 is 10.2 Å². The minimum atomic E-state index is -0.191. The third kappa shape index (κ3) is 5.24. The van der Waals surface area contributed by atoms with Crippen LogP contribution in [0.5, 0.6) is 0 Å². The highest BCUT2D eigenvalue weighted by Crippen LogP contribution is 2.23. The molecular formula is C21H31N5O2S. The van der Waals surface area contributed by atoms with Gasteiger partial charge in [0.25, 0.3) is 5.56 Å². The topological polar surface area (TPSA) is 70.5 Å². The second-order valence-electron chi connectivity index (χ2n) is 8.19. The Hall–Kier alpha value is -1.77. The Labute approximate surface area is 175 Å². The Morgan fingerprint density at radius 3 is 2.76 bits per heavy atom. The summed E-state index contributed by atoms with van der Waals surface area (Å²) in [6.45, 7) is 6.24. The predicted molar refractivity (Wildman–Crippen MR) is 116 cm³/mol. The van der Waals surface area contributed by atoms with E-state index in [0.29, 0.717) is 11.2 Å². The van der Waals surface area contributed by atoms with E-state index >= 15 is 0 Å². The molecular weight excluding hydrogens is 386 g/mol. The van der Waals surface area contributed by atoms with Crippen LogP contribution < -0.4 is 10.9 Å². The van der Waals surface area contributed by atoms with Gasteiger partial charge in [-0.15, -0.1) is 11.3 Å². The smallest absolute Gasteiger partial charge is 0.285 e. The normalized spacial score (nSPS) is 19.6. The lowest BCUT2D eigenvalue weighted by molar-refractivity contribution is -0.121. The zero-order valence-corrected chi connectivity index (χ0v) is 17.8. The minimum absolute atomic E-state index is 0.0211. The molecule has 1 N–H and O–H groups in total. The summed E-state index contributed by atoms with van der Waals surface area (Å²) in [4.78, 5) is 29.7. The molecule has 3 heterocycles. The Kier molecular flexibility index (Phi) is 6.94. The van der Waals surface area contributed by atoms with Crippen LogP contribution in [0.25, 0.3) is 10.1 Å². The van der Waals surface area contributed by atoms with Gasteiger partial charge in [0, 0.05) is 44.2 Å². The maximum Gasteiger partial charge on any atom is 0.285 e. The highest BCUT2D eigenvalue weighted by Gasteiger charge is 2.24. The van der Waals surface area contributed by atoms with Crippen LogP contribution in [0.2, 0.25) is 0 Å². The monoisotopic (exact) mass is 417 g/mol. The van der Waals surface area contributed by atoms with Gasteiger partial charge in [-0.3, -0.25) is 14.5 Å². The fraction of sp³-hybridized carbons (Fsp3) is 0.667. The molecule has 2 aromatic rings. The molecule has 1 aliphatic carbocycles. The van der Waals surface area contributed by atoms with E-state index in [4.69, 9.17) is 0 Å². The van der Waals surface area contributed by atoms with E-state index in [1.54, 1.807) is 6.20 Å². The average molecular weight is 418 g/mol. The van der Waals surface area contributed by atoms with Crippen LogP contribution in [-0.4, -0.2) is 70.8 Å². The molecule has 0 bridgehead atoms. The SMILES string of the molecule is O=C(Cn1ncc2ccsc2c1=O)NCCCN1CCN(C2CCCCC2)CC1. The summed E-state index contributed by atoms with van der Waals surface area (Å²) in [7, 11) is 0. The molecule has 1 saturated carbocycles. The molecule has 158 valence electrons. The van der Waals surface area contributed by atoms with Crippen LogP contribution >= 0.6 is 11.3 Å². The highest BCUT2D eigenvalue weighted by molar-refractivity contribution is 7.17. The number of carbonyl (C=O) groups excluding carboxylic acids is 1. The zero-order chi connectivity index (χ0) is 20.1. The third-order valence-corrected chi connectivity index (χ3v) is 7.14. The predicted octanol–water partition coefficient (Wildman–Crippen LogP) is 1.91. The summed E-state index contributed by atoms with van der Waals surface area (Å²) in [6.07, 6.45) is 9.54. The second kappa shape index (κ2) is 9.82. The number of carbonyl (C=O) groups is 1. The van der Waals surface area contributed by atoms with Crippen LogP contribution in [-0.2, 0) is 11.3 Å². The zero-order valence-electron chi connectivity index (χ0n) is 17.0. The molecule has 2 aliphatic rings. The molecule has 0 spiro atoms. The highest BCUT2D eigenvalue weighted by atomic mass is 32.1. The van der Waals surface area contributed by atoms with Crippen LogP contribution in [0, 0.1) is 0 Å². The summed E-state index contributed by atoms with van der Waals surface area (Å²) in [5.41, 5.74) is -0.191. The van der Waals surface area contributed by atoms with Gasteiger partial charge in [0.15, 0.2) is 0 Å². The van der Waals surface area contributed by atoms with Crippen molar-refractivity contribution >= 4 is 27.3 Å². The number of rotatable bonds is 7. The minimum Gasteiger partial charge on any atom is -0.354 e. The Bertz CT molecular complexity index is 865. The lowest BCUT2D eigenvalue weighted by Crippen LogP contribution is -2.51. The van der Waals surface area contributed by atoms with Crippen molar-refractivity contribution in [1.82, 2.24) is 24.9 Å². The van der Waals surface area contributed by atoms with Crippen molar-refractivity contribution in [2.24, 2.45) is 0 Å². The van der Waals surface area contributed by atoms with Gasteiger partial charge in [0.1, 0.15) is 11.2 Å². The molecule has 1 aliphatic heterocycles. The van der Waals surface area contributed by atoms with Crippen molar-refractivity contribution in [3.63, 3.8) is 0 Å². The molecule has 2 fully saturated rings. The first-order valence-electron chi connectivity index (χ1n) is 10.9. The van der Waals surface area contributed by atoms with Gasteiger partial charge in [-0.05, 0) is 37.3 Å². The maximum absolute atomic E-state index is 12.3. The Balaban J connectivity index is 1.14. The van der Waals surface area contributed by atoms with Crippen LogP contribution in [0.4, 0.5) is 0 Å². The van der Waals surface area contributed by atoms with Crippen LogP contribution in [0.1, 0.15) is 38.5 Å². The molecule has 29 heavy (non-hydrogen) atoms. The summed E-state index contributed by atoms with van der Waals surface area (Å²) in [6, 6.07) is 2.68. The first kappa shape index (κ1) is 20.5. The molecule has 4 rings (SSSR count). The molecule has 0 unspecified atom stereocenters. The molecule has 1 saturated heterocycles. The lowest BCUT2D eigenvalue weighted by Gasteiger charge is -2.40. The number of aromatic nitrogens is 2. The summed E-state index contributed by atoms with van der Waals surface area (Å²) in [5.74, 6) is -0.155. The standard InChI is InChI=1S/C21H31N5O2S/c27-19(16-26-21(28)20-17(15-23-26)7-14-29-20)22-8-4-9-24-10-12-25(13-11-24)18-5-2-1-3-6-18/h7,14-15,18H,1-6,8-13,16H2,(H,22,27). The molecule has 2 aromatic heterocycles.